The van der Waals surface area contributed by atoms with Crippen LogP contribution in [0.1, 0.15) is 38.8 Å². The predicted octanol–water partition coefficient (Wildman–Crippen LogP) is 2.54. The Morgan fingerprint density at radius 3 is 2.25 bits per heavy atom. The summed E-state index contributed by atoms with van der Waals surface area (Å²) in [5, 5.41) is 9.20. The van der Waals surface area contributed by atoms with Crippen molar-refractivity contribution in [3.63, 3.8) is 0 Å². The van der Waals surface area contributed by atoms with E-state index in [4.69, 9.17) is 0 Å². The fourth-order valence-electron chi connectivity index (χ4n) is 2.09. The Kier molecular flexibility index (Phi) is 5.74. The number of aliphatic hydroxyl groups excluding tert-OH is 1. The van der Waals surface area contributed by atoms with Gasteiger partial charge >= 0.3 is 0 Å². The first-order valence-electron chi connectivity index (χ1n) is 6.92. The molecule has 20 heavy (non-hydrogen) atoms. The molecule has 0 saturated heterocycles. The maximum Gasteiger partial charge on any atom is 0.243 e. The van der Waals surface area contributed by atoms with E-state index in [-0.39, 0.29) is 18.6 Å². The zero-order valence-corrected chi connectivity index (χ0v) is 13.7. The van der Waals surface area contributed by atoms with Gasteiger partial charge in [0.25, 0.3) is 0 Å². The molecule has 4 nitrogen and oxygen atoms in total. The second-order valence-corrected chi connectivity index (χ2v) is 7.68. The van der Waals surface area contributed by atoms with Crippen LogP contribution in [0.4, 0.5) is 0 Å². The molecule has 1 rings (SSSR count). The van der Waals surface area contributed by atoms with Crippen LogP contribution in [0.15, 0.2) is 23.1 Å². The highest BCUT2D eigenvalue weighted by molar-refractivity contribution is 7.89. The fraction of sp³-hybridized carbons (Fsp3) is 0.600. The molecule has 0 fully saturated rings. The molecule has 0 atom stereocenters. The Morgan fingerprint density at radius 1 is 1.20 bits per heavy atom. The van der Waals surface area contributed by atoms with E-state index in [0.717, 1.165) is 0 Å². The third-order valence-corrected chi connectivity index (χ3v) is 5.33. The standard InChI is InChI=1S/C15H25NO3S/c1-11(2)9-16(12(3)4)20(18,19)15-8-14(10-17)7-6-13(15)5/h6-8,11-12,17H,9-10H2,1-5H3. The molecule has 114 valence electrons. The highest BCUT2D eigenvalue weighted by Gasteiger charge is 2.29. The lowest BCUT2D eigenvalue weighted by molar-refractivity contribution is 0.281. The van der Waals surface area contributed by atoms with Crippen LogP contribution in [0.25, 0.3) is 0 Å². The van der Waals surface area contributed by atoms with Gasteiger partial charge in [-0.15, -0.1) is 0 Å². The summed E-state index contributed by atoms with van der Waals surface area (Å²) in [4.78, 5) is 0.290. The SMILES string of the molecule is Cc1ccc(CO)cc1S(=O)(=O)N(CC(C)C)C(C)C. The smallest absolute Gasteiger partial charge is 0.243 e. The van der Waals surface area contributed by atoms with Gasteiger partial charge in [0, 0.05) is 12.6 Å². The van der Waals surface area contributed by atoms with Crippen molar-refractivity contribution in [3.8, 4) is 0 Å². The van der Waals surface area contributed by atoms with Gasteiger partial charge in [-0.25, -0.2) is 8.42 Å². The predicted molar refractivity (Wildman–Crippen MR) is 81.0 cm³/mol. The van der Waals surface area contributed by atoms with Gasteiger partial charge in [0.05, 0.1) is 11.5 Å². The van der Waals surface area contributed by atoms with Crippen molar-refractivity contribution in [2.75, 3.05) is 6.54 Å². The molecule has 0 amide bonds. The third-order valence-electron chi connectivity index (χ3n) is 3.14. The van der Waals surface area contributed by atoms with Gasteiger partial charge in [0.2, 0.25) is 10.0 Å². The Balaban J connectivity index is 3.32. The summed E-state index contributed by atoms with van der Waals surface area (Å²) in [6.45, 7) is 9.87. The van der Waals surface area contributed by atoms with E-state index < -0.39 is 10.0 Å². The van der Waals surface area contributed by atoms with Crippen LogP contribution in [-0.2, 0) is 16.6 Å². The molecule has 5 heteroatoms. The number of hydrogen-bond donors (Lipinski definition) is 1. The first-order valence-corrected chi connectivity index (χ1v) is 8.36. The van der Waals surface area contributed by atoms with Crippen molar-refractivity contribution in [1.29, 1.82) is 0 Å². The van der Waals surface area contributed by atoms with Gasteiger partial charge < -0.3 is 5.11 Å². The summed E-state index contributed by atoms with van der Waals surface area (Å²) in [5.41, 5.74) is 1.32. The lowest BCUT2D eigenvalue weighted by atomic mass is 10.2. The maximum absolute atomic E-state index is 12.8. The quantitative estimate of drug-likeness (QED) is 0.878. The van der Waals surface area contributed by atoms with Crippen LogP contribution in [0.5, 0.6) is 0 Å². The fourth-order valence-corrected chi connectivity index (χ4v) is 4.17. The van der Waals surface area contributed by atoms with Crippen molar-refractivity contribution >= 4 is 10.0 Å². The first-order chi connectivity index (χ1) is 9.20. The van der Waals surface area contributed by atoms with E-state index in [9.17, 15) is 13.5 Å². The normalized spacial score (nSPS) is 12.7. The van der Waals surface area contributed by atoms with Crippen LogP contribution < -0.4 is 0 Å². The van der Waals surface area contributed by atoms with Gasteiger partial charge in [-0.1, -0.05) is 26.0 Å². The summed E-state index contributed by atoms with van der Waals surface area (Å²) < 4.78 is 27.2. The van der Waals surface area contributed by atoms with Crippen molar-refractivity contribution in [2.45, 2.75) is 52.2 Å². The molecule has 0 aromatic heterocycles. The molecule has 0 saturated carbocycles. The first kappa shape index (κ1) is 17.1. The van der Waals surface area contributed by atoms with Crippen molar-refractivity contribution in [1.82, 2.24) is 4.31 Å². The van der Waals surface area contributed by atoms with Crippen LogP contribution in [0.3, 0.4) is 0 Å². The molecule has 0 unspecified atom stereocenters. The van der Waals surface area contributed by atoms with Gasteiger partial charge in [-0.05, 0) is 43.9 Å². The van der Waals surface area contributed by atoms with E-state index >= 15 is 0 Å². The second-order valence-electron chi connectivity index (χ2n) is 5.82. The van der Waals surface area contributed by atoms with E-state index in [1.54, 1.807) is 25.1 Å². The number of sulfonamides is 1. The highest BCUT2D eigenvalue weighted by Crippen LogP contribution is 2.24. The van der Waals surface area contributed by atoms with Crippen LogP contribution in [-0.4, -0.2) is 30.4 Å². The third kappa shape index (κ3) is 3.81. The zero-order chi connectivity index (χ0) is 15.5. The summed E-state index contributed by atoms with van der Waals surface area (Å²) in [6.07, 6.45) is 0. The molecule has 0 aliphatic carbocycles. The average molecular weight is 299 g/mol. The monoisotopic (exact) mass is 299 g/mol. The molecule has 0 heterocycles. The average Bonchev–Trinajstić information content (AvgIpc) is 2.35. The molecule has 1 aromatic rings. The maximum atomic E-state index is 12.8. The van der Waals surface area contributed by atoms with Gasteiger partial charge in [-0.2, -0.15) is 4.31 Å². The minimum Gasteiger partial charge on any atom is -0.392 e. The van der Waals surface area contributed by atoms with Gasteiger partial charge in [0.15, 0.2) is 0 Å². The molecular weight excluding hydrogens is 274 g/mol. The van der Waals surface area contributed by atoms with Crippen LogP contribution >= 0.6 is 0 Å². The Morgan fingerprint density at radius 2 is 1.80 bits per heavy atom. The molecule has 0 radical (unpaired) electrons. The lowest BCUT2D eigenvalue weighted by Crippen LogP contribution is -2.39. The number of benzene rings is 1. The largest absolute Gasteiger partial charge is 0.392 e. The molecule has 1 aromatic carbocycles. The van der Waals surface area contributed by atoms with E-state index in [2.05, 4.69) is 0 Å². The van der Waals surface area contributed by atoms with Crippen LogP contribution in [0, 0.1) is 12.8 Å². The summed E-state index contributed by atoms with van der Waals surface area (Å²) in [7, 11) is -3.54. The minimum atomic E-state index is -3.54. The highest BCUT2D eigenvalue weighted by atomic mass is 32.2. The second kappa shape index (κ2) is 6.70. The van der Waals surface area contributed by atoms with Gasteiger partial charge in [-0.3, -0.25) is 0 Å². The van der Waals surface area contributed by atoms with E-state index in [1.165, 1.54) is 4.31 Å². The van der Waals surface area contributed by atoms with E-state index in [1.807, 2.05) is 27.7 Å². The minimum absolute atomic E-state index is 0.0976. The van der Waals surface area contributed by atoms with Crippen molar-refractivity contribution in [3.05, 3.63) is 29.3 Å². The number of nitrogens with zero attached hydrogens (tertiary/aromatic N) is 1. The number of aryl methyl sites for hydroxylation is 1. The lowest BCUT2D eigenvalue weighted by Gasteiger charge is -2.28. The zero-order valence-electron chi connectivity index (χ0n) is 12.9. The van der Waals surface area contributed by atoms with Gasteiger partial charge in [0.1, 0.15) is 0 Å². The van der Waals surface area contributed by atoms with Crippen molar-refractivity contribution < 1.29 is 13.5 Å². The number of rotatable bonds is 6. The molecule has 0 spiro atoms. The Labute approximate surface area is 122 Å². The molecule has 1 N–H and O–H groups in total. The molecule has 0 aliphatic heterocycles. The summed E-state index contributed by atoms with van der Waals surface area (Å²) in [5.74, 6) is 0.258. The summed E-state index contributed by atoms with van der Waals surface area (Å²) >= 11 is 0. The van der Waals surface area contributed by atoms with Crippen LogP contribution in [0.2, 0.25) is 0 Å². The van der Waals surface area contributed by atoms with E-state index in [0.29, 0.717) is 22.6 Å². The number of hydrogen-bond acceptors (Lipinski definition) is 3. The number of aliphatic hydroxyl groups is 1. The topological polar surface area (TPSA) is 57.6 Å². The Bertz CT molecular complexity index is 550. The van der Waals surface area contributed by atoms with Crippen molar-refractivity contribution in [2.24, 2.45) is 5.92 Å². The summed E-state index contributed by atoms with van der Waals surface area (Å²) in [6, 6.07) is 4.96. The molecule has 0 bridgehead atoms. The Hall–Kier alpha value is -0.910. The molecule has 0 aliphatic rings. The molecular formula is C15H25NO3S.